The van der Waals surface area contributed by atoms with Gasteiger partial charge in [-0.1, -0.05) is 63.2 Å². The third-order valence-corrected chi connectivity index (χ3v) is 6.76. The van der Waals surface area contributed by atoms with E-state index in [1.807, 2.05) is 44.2 Å². The Morgan fingerprint density at radius 2 is 1.62 bits per heavy atom. The smallest absolute Gasteiger partial charge is 0.328 e. The minimum Gasteiger partial charge on any atom is -0.507 e. The second kappa shape index (κ2) is 13.2. The minimum atomic E-state index is -1.36. The highest BCUT2D eigenvalue weighted by atomic mass is 16.5. The topological polar surface area (TPSA) is 154 Å². The molecule has 0 radical (unpaired) electrons. The molecule has 1 fully saturated rings. The third-order valence-electron chi connectivity index (χ3n) is 6.76. The molecular formula is C29H37N3O7. The van der Waals surface area contributed by atoms with E-state index in [-0.39, 0.29) is 30.1 Å². The Morgan fingerprint density at radius 1 is 0.974 bits per heavy atom. The number of aromatic hydroxyl groups is 1. The lowest BCUT2D eigenvalue weighted by Crippen LogP contribution is -2.60. The van der Waals surface area contributed by atoms with Crippen LogP contribution in [0.2, 0.25) is 0 Å². The summed E-state index contributed by atoms with van der Waals surface area (Å²) < 4.78 is 5.60. The number of ether oxygens (including phenoxy) is 1. The molecule has 3 rings (SSSR count). The van der Waals surface area contributed by atoms with Crippen LogP contribution in [0.4, 0.5) is 0 Å². The van der Waals surface area contributed by atoms with Crippen molar-refractivity contribution in [1.82, 2.24) is 16.0 Å². The van der Waals surface area contributed by atoms with Gasteiger partial charge in [-0.2, -0.15) is 0 Å². The molecule has 0 saturated carbocycles. The van der Waals surface area contributed by atoms with Gasteiger partial charge in [0.1, 0.15) is 23.9 Å². The van der Waals surface area contributed by atoms with Crippen LogP contribution in [0.15, 0.2) is 54.6 Å². The Kier molecular flexibility index (Phi) is 10.1. The summed E-state index contributed by atoms with van der Waals surface area (Å²) in [5, 5.41) is 29.4. The zero-order chi connectivity index (χ0) is 28.7. The SMILES string of the molecule is CC(C)CC1NC(=O)[C@H](C)[C@H](O)[C@H](Cc2ccccc2)NC(=O)[C@@H](NC(=O)c2ccccc2O)[C@@H](C)OC1=O. The van der Waals surface area contributed by atoms with Crippen molar-refractivity contribution in [1.29, 1.82) is 0 Å². The maximum absolute atomic E-state index is 13.6. The molecule has 10 heteroatoms. The number of nitrogens with one attached hydrogen (secondary N) is 3. The Hall–Kier alpha value is -3.92. The predicted molar refractivity (Wildman–Crippen MR) is 144 cm³/mol. The summed E-state index contributed by atoms with van der Waals surface area (Å²) in [4.78, 5) is 52.8. The summed E-state index contributed by atoms with van der Waals surface area (Å²) in [5.74, 6) is -4.00. The number of aliphatic hydroxyl groups excluding tert-OH is 1. The second-order valence-corrected chi connectivity index (χ2v) is 10.4. The van der Waals surface area contributed by atoms with Gasteiger partial charge in [0.2, 0.25) is 11.8 Å². The number of rotatable bonds is 6. The minimum absolute atomic E-state index is 0.0250. The number of hydrogen-bond acceptors (Lipinski definition) is 7. The van der Waals surface area contributed by atoms with Crippen LogP contribution in [0.5, 0.6) is 5.75 Å². The van der Waals surface area contributed by atoms with E-state index >= 15 is 0 Å². The van der Waals surface area contributed by atoms with Crippen LogP contribution < -0.4 is 16.0 Å². The summed E-state index contributed by atoms with van der Waals surface area (Å²) in [7, 11) is 0. The fraction of sp³-hybridized carbons (Fsp3) is 0.448. The van der Waals surface area contributed by atoms with E-state index in [9.17, 15) is 29.4 Å². The molecular weight excluding hydrogens is 502 g/mol. The van der Waals surface area contributed by atoms with E-state index in [4.69, 9.17) is 4.74 Å². The molecule has 3 amide bonds. The van der Waals surface area contributed by atoms with Gasteiger partial charge in [0, 0.05) is 0 Å². The maximum atomic E-state index is 13.6. The number of phenols is 1. The fourth-order valence-corrected chi connectivity index (χ4v) is 4.50. The van der Waals surface area contributed by atoms with Crippen LogP contribution in [-0.4, -0.2) is 64.2 Å². The van der Waals surface area contributed by atoms with Crippen molar-refractivity contribution in [3.63, 3.8) is 0 Å². The molecule has 1 saturated heterocycles. The third kappa shape index (κ3) is 7.79. The molecule has 6 atom stereocenters. The van der Waals surface area contributed by atoms with Crippen LogP contribution >= 0.6 is 0 Å². The Labute approximate surface area is 228 Å². The molecule has 1 heterocycles. The Balaban J connectivity index is 1.99. The van der Waals surface area contributed by atoms with Crippen LogP contribution in [0.1, 0.15) is 50.0 Å². The standard InChI is InChI=1S/C29H37N3O7/c1-16(2)14-22-29(38)39-18(4)24(32-27(36)20-12-8-9-13-23(20)33)28(37)30-21(15-19-10-6-5-7-11-19)25(34)17(3)26(35)31-22/h5-13,16-18,21-22,24-25,33-34H,14-15H2,1-4H3,(H,30,37)(H,31,35)(H,32,36)/t17-,18-,21+,22?,24+,25+/m1/s1. The number of cyclic esters (lactones) is 1. The number of hydrogen-bond donors (Lipinski definition) is 5. The lowest BCUT2D eigenvalue weighted by molar-refractivity contribution is -0.156. The van der Waals surface area contributed by atoms with Gasteiger partial charge in [0.05, 0.1) is 23.6 Å². The van der Waals surface area contributed by atoms with Gasteiger partial charge in [-0.25, -0.2) is 4.79 Å². The fourth-order valence-electron chi connectivity index (χ4n) is 4.50. The highest BCUT2D eigenvalue weighted by Crippen LogP contribution is 2.19. The number of carbonyl (C=O) groups excluding carboxylic acids is 4. The van der Waals surface area contributed by atoms with E-state index < -0.39 is 59.9 Å². The highest BCUT2D eigenvalue weighted by molar-refractivity contribution is 6.00. The molecule has 2 aromatic rings. The first-order chi connectivity index (χ1) is 18.5. The van der Waals surface area contributed by atoms with Crippen molar-refractivity contribution in [2.75, 3.05) is 0 Å². The molecule has 5 N–H and O–H groups in total. The molecule has 0 bridgehead atoms. The summed E-state index contributed by atoms with van der Waals surface area (Å²) >= 11 is 0. The first kappa shape index (κ1) is 29.6. The average molecular weight is 540 g/mol. The largest absolute Gasteiger partial charge is 0.507 e. The van der Waals surface area contributed by atoms with Gasteiger partial charge >= 0.3 is 5.97 Å². The normalized spacial score (nSPS) is 26.5. The molecule has 0 aromatic heterocycles. The average Bonchev–Trinajstić information content (AvgIpc) is 2.89. The van der Waals surface area contributed by atoms with Crippen molar-refractivity contribution in [2.24, 2.45) is 11.8 Å². The van der Waals surface area contributed by atoms with Gasteiger partial charge in [-0.05, 0) is 43.4 Å². The van der Waals surface area contributed by atoms with Crippen LogP contribution in [-0.2, 0) is 25.5 Å². The van der Waals surface area contributed by atoms with E-state index in [0.717, 1.165) is 5.56 Å². The zero-order valence-electron chi connectivity index (χ0n) is 22.6. The predicted octanol–water partition coefficient (Wildman–Crippen LogP) is 1.69. The molecule has 39 heavy (non-hydrogen) atoms. The van der Waals surface area contributed by atoms with Gasteiger partial charge < -0.3 is 30.9 Å². The van der Waals surface area contributed by atoms with E-state index in [1.165, 1.54) is 26.0 Å². The number of amides is 3. The van der Waals surface area contributed by atoms with E-state index in [0.29, 0.717) is 0 Å². The van der Waals surface area contributed by atoms with Gasteiger partial charge in [-0.15, -0.1) is 0 Å². The van der Waals surface area contributed by atoms with Crippen molar-refractivity contribution in [3.05, 3.63) is 65.7 Å². The van der Waals surface area contributed by atoms with Gasteiger partial charge in [-0.3, -0.25) is 14.4 Å². The summed E-state index contributed by atoms with van der Waals surface area (Å²) in [6.45, 7) is 6.75. The molecule has 1 unspecified atom stereocenters. The first-order valence-electron chi connectivity index (χ1n) is 13.1. The maximum Gasteiger partial charge on any atom is 0.328 e. The van der Waals surface area contributed by atoms with Crippen LogP contribution in [0.3, 0.4) is 0 Å². The van der Waals surface area contributed by atoms with E-state index in [1.54, 1.807) is 12.1 Å². The van der Waals surface area contributed by atoms with Crippen molar-refractivity contribution < 1.29 is 34.1 Å². The number of benzene rings is 2. The van der Waals surface area contributed by atoms with Gasteiger partial charge in [0.25, 0.3) is 5.91 Å². The van der Waals surface area contributed by atoms with Crippen molar-refractivity contribution in [2.45, 2.75) is 70.9 Å². The molecule has 2 aromatic carbocycles. The van der Waals surface area contributed by atoms with Crippen molar-refractivity contribution in [3.8, 4) is 5.75 Å². The zero-order valence-corrected chi connectivity index (χ0v) is 22.6. The number of esters is 1. The molecule has 210 valence electrons. The first-order valence-corrected chi connectivity index (χ1v) is 13.1. The number of para-hydroxylation sites is 1. The lowest BCUT2D eigenvalue weighted by Gasteiger charge is -2.33. The molecule has 0 spiro atoms. The Bertz CT molecular complexity index is 1170. The van der Waals surface area contributed by atoms with Crippen LogP contribution in [0, 0.1) is 11.8 Å². The lowest BCUT2D eigenvalue weighted by atomic mass is 9.91. The van der Waals surface area contributed by atoms with E-state index in [2.05, 4.69) is 16.0 Å². The highest BCUT2D eigenvalue weighted by Gasteiger charge is 2.39. The molecule has 10 nitrogen and oxygen atoms in total. The second-order valence-electron chi connectivity index (χ2n) is 10.4. The molecule has 1 aliphatic heterocycles. The summed E-state index contributed by atoms with van der Waals surface area (Å²) in [6, 6.07) is 11.7. The van der Waals surface area contributed by atoms with Crippen LogP contribution in [0.25, 0.3) is 0 Å². The number of aliphatic hydroxyl groups is 1. The Morgan fingerprint density at radius 3 is 2.26 bits per heavy atom. The molecule has 0 aliphatic carbocycles. The summed E-state index contributed by atoms with van der Waals surface area (Å²) in [6.07, 6.45) is -1.98. The summed E-state index contributed by atoms with van der Waals surface area (Å²) in [5.41, 5.74) is 0.753. The quantitative estimate of drug-likeness (QED) is 0.350. The monoisotopic (exact) mass is 539 g/mol. The van der Waals surface area contributed by atoms with Crippen molar-refractivity contribution >= 4 is 23.7 Å². The molecule has 1 aliphatic rings. The van der Waals surface area contributed by atoms with Gasteiger partial charge in [0.15, 0.2) is 0 Å². The number of carbonyl (C=O) groups is 4. The number of phenolic OH excluding ortho intramolecular Hbond substituents is 1.